The number of carbonyl (C=O) groups excluding carboxylic acids is 1. The standard InChI is InChI=1S/C27H28N2O5S/c1-5-34-27(31)21-16-29(15-18-8-6-7-9-22(18)33-4)26-23(24(21)30)20(14-28-2)25(35-26)17-10-12-19(32-3)13-11-17/h6-13,16,28H,5,14-15H2,1-4H3. The molecule has 4 aromatic rings. The molecule has 0 saturated carbocycles. The maximum absolute atomic E-state index is 13.6. The van der Waals surface area contributed by atoms with Gasteiger partial charge < -0.3 is 24.1 Å². The molecule has 0 radical (unpaired) electrons. The predicted octanol–water partition coefficient (Wildman–Crippen LogP) is 4.69. The van der Waals surface area contributed by atoms with Gasteiger partial charge in [-0.15, -0.1) is 11.3 Å². The lowest BCUT2D eigenvalue weighted by Gasteiger charge is -2.13. The Morgan fingerprint density at radius 1 is 1.06 bits per heavy atom. The van der Waals surface area contributed by atoms with E-state index in [1.54, 1.807) is 27.3 Å². The molecule has 0 bridgehead atoms. The number of pyridine rings is 1. The number of para-hydroxylation sites is 1. The molecule has 0 aliphatic carbocycles. The molecule has 4 rings (SSSR count). The Hall–Kier alpha value is -3.62. The highest BCUT2D eigenvalue weighted by Crippen LogP contribution is 2.38. The summed E-state index contributed by atoms with van der Waals surface area (Å²) in [5, 5.41) is 3.70. The van der Waals surface area contributed by atoms with Crippen molar-refractivity contribution in [2.45, 2.75) is 20.0 Å². The zero-order chi connectivity index (χ0) is 24.9. The van der Waals surface area contributed by atoms with Crippen LogP contribution in [0.15, 0.2) is 59.5 Å². The van der Waals surface area contributed by atoms with Crippen LogP contribution in [0, 0.1) is 0 Å². The Kier molecular flexibility index (Phi) is 7.53. The maximum atomic E-state index is 13.6. The number of methoxy groups -OCH3 is 2. The SMILES string of the molecule is CCOC(=O)c1cn(Cc2ccccc2OC)c2sc(-c3ccc(OC)cc3)c(CNC)c2c1=O. The van der Waals surface area contributed by atoms with Crippen molar-refractivity contribution in [3.63, 3.8) is 0 Å². The smallest absolute Gasteiger partial charge is 0.343 e. The van der Waals surface area contributed by atoms with Gasteiger partial charge in [-0.05, 0) is 55.4 Å². The highest BCUT2D eigenvalue weighted by atomic mass is 32.1. The molecule has 0 unspecified atom stereocenters. The number of fused-ring (bicyclic) bond motifs is 1. The van der Waals surface area contributed by atoms with Crippen LogP contribution in [-0.2, 0) is 17.8 Å². The number of hydrogen-bond donors (Lipinski definition) is 1. The number of aromatic nitrogens is 1. The molecular formula is C27H28N2O5S. The van der Waals surface area contributed by atoms with Crippen molar-refractivity contribution in [3.05, 3.63) is 81.6 Å². The molecule has 0 aliphatic heterocycles. The first-order valence-corrected chi connectivity index (χ1v) is 12.1. The molecule has 1 N–H and O–H groups in total. The van der Waals surface area contributed by atoms with Crippen molar-refractivity contribution in [2.24, 2.45) is 0 Å². The van der Waals surface area contributed by atoms with Crippen LogP contribution in [0.1, 0.15) is 28.4 Å². The lowest BCUT2D eigenvalue weighted by Crippen LogP contribution is -2.22. The number of thiophene rings is 1. The molecule has 0 amide bonds. The molecule has 182 valence electrons. The Morgan fingerprint density at radius 2 is 1.80 bits per heavy atom. The van der Waals surface area contributed by atoms with Gasteiger partial charge in [-0.1, -0.05) is 18.2 Å². The fraction of sp³-hybridized carbons (Fsp3) is 0.259. The van der Waals surface area contributed by atoms with Crippen LogP contribution in [-0.4, -0.2) is 38.4 Å². The highest BCUT2D eigenvalue weighted by molar-refractivity contribution is 7.22. The monoisotopic (exact) mass is 492 g/mol. The van der Waals surface area contributed by atoms with E-state index in [0.717, 1.165) is 37.9 Å². The zero-order valence-corrected chi connectivity index (χ0v) is 21.0. The fourth-order valence-corrected chi connectivity index (χ4v) is 5.40. The minimum Gasteiger partial charge on any atom is -0.497 e. The van der Waals surface area contributed by atoms with Crippen LogP contribution in [0.25, 0.3) is 20.7 Å². The largest absolute Gasteiger partial charge is 0.497 e. The molecular weight excluding hydrogens is 464 g/mol. The number of ether oxygens (including phenoxy) is 3. The van der Waals surface area contributed by atoms with Gasteiger partial charge in [0.25, 0.3) is 0 Å². The molecule has 8 heteroatoms. The molecule has 0 atom stereocenters. The van der Waals surface area contributed by atoms with Crippen molar-refractivity contribution >= 4 is 27.5 Å². The molecule has 0 fully saturated rings. The van der Waals surface area contributed by atoms with Crippen molar-refractivity contribution in [1.82, 2.24) is 9.88 Å². The number of esters is 1. The minimum absolute atomic E-state index is 0.0191. The first-order valence-electron chi connectivity index (χ1n) is 11.3. The molecule has 0 saturated heterocycles. The second-order valence-electron chi connectivity index (χ2n) is 7.88. The Balaban J connectivity index is 2.00. The summed E-state index contributed by atoms with van der Waals surface area (Å²) in [6.45, 7) is 2.81. The van der Waals surface area contributed by atoms with E-state index in [9.17, 15) is 9.59 Å². The Morgan fingerprint density at radius 3 is 2.46 bits per heavy atom. The van der Waals surface area contributed by atoms with Gasteiger partial charge in [-0.2, -0.15) is 0 Å². The Bertz CT molecular complexity index is 1410. The lowest BCUT2D eigenvalue weighted by atomic mass is 10.0. The van der Waals surface area contributed by atoms with Gasteiger partial charge in [0, 0.05) is 23.2 Å². The quantitative estimate of drug-likeness (QED) is 0.342. The van der Waals surface area contributed by atoms with Crippen molar-refractivity contribution < 1.29 is 19.0 Å². The third-order valence-electron chi connectivity index (χ3n) is 5.74. The summed E-state index contributed by atoms with van der Waals surface area (Å²) < 4.78 is 18.0. The van der Waals surface area contributed by atoms with Gasteiger partial charge in [0.05, 0.1) is 32.8 Å². The molecule has 2 heterocycles. The molecule has 0 aliphatic rings. The van der Waals surface area contributed by atoms with E-state index < -0.39 is 5.97 Å². The summed E-state index contributed by atoms with van der Waals surface area (Å²) in [6.07, 6.45) is 1.60. The highest BCUT2D eigenvalue weighted by Gasteiger charge is 2.24. The summed E-state index contributed by atoms with van der Waals surface area (Å²) in [5.74, 6) is 0.866. The molecule has 0 spiro atoms. The van der Waals surface area contributed by atoms with Gasteiger partial charge in [-0.3, -0.25) is 4.79 Å². The van der Waals surface area contributed by atoms with Crippen LogP contribution in [0.4, 0.5) is 0 Å². The lowest BCUT2D eigenvalue weighted by molar-refractivity contribution is 0.0524. The number of nitrogens with zero attached hydrogens (tertiary/aromatic N) is 1. The topological polar surface area (TPSA) is 78.8 Å². The molecule has 35 heavy (non-hydrogen) atoms. The predicted molar refractivity (Wildman–Crippen MR) is 139 cm³/mol. The summed E-state index contributed by atoms with van der Waals surface area (Å²) >= 11 is 1.53. The second-order valence-corrected chi connectivity index (χ2v) is 8.88. The van der Waals surface area contributed by atoms with Crippen LogP contribution in [0.2, 0.25) is 0 Å². The van der Waals surface area contributed by atoms with Gasteiger partial charge >= 0.3 is 5.97 Å². The summed E-state index contributed by atoms with van der Waals surface area (Å²) in [7, 11) is 5.09. The van der Waals surface area contributed by atoms with Crippen molar-refractivity contribution in [1.29, 1.82) is 0 Å². The van der Waals surface area contributed by atoms with Crippen molar-refractivity contribution in [3.8, 4) is 21.9 Å². The normalized spacial score (nSPS) is 11.0. The van der Waals surface area contributed by atoms with E-state index in [4.69, 9.17) is 14.2 Å². The number of nitrogens with one attached hydrogen (secondary N) is 1. The second kappa shape index (κ2) is 10.8. The van der Waals surface area contributed by atoms with E-state index in [1.807, 2.05) is 60.1 Å². The van der Waals surface area contributed by atoms with E-state index in [2.05, 4.69) is 5.32 Å². The van der Waals surface area contributed by atoms with Crippen molar-refractivity contribution in [2.75, 3.05) is 27.9 Å². The third-order valence-corrected chi connectivity index (χ3v) is 7.06. The first kappa shape index (κ1) is 24.5. The zero-order valence-electron chi connectivity index (χ0n) is 20.2. The van der Waals surface area contributed by atoms with Crippen LogP contribution >= 0.6 is 11.3 Å². The first-order chi connectivity index (χ1) is 17.0. The average molecular weight is 493 g/mol. The Labute approximate surface area is 207 Å². The van der Waals surface area contributed by atoms with E-state index in [1.165, 1.54) is 11.3 Å². The van der Waals surface area contributed by atoms with Crippen LogP contribution < -0.4 is 20.2 Å². The minimum atomic E-state index is -0.624. The fourth-order valence-electron chi connectivity index (χ4n) is 4.11. The van der Waals surface area contributed by atoms with E-state index >= 15 is 0 Å². The number of carbonyl (C=O) groups is 1. The molecule has 2 aromatic carbocycles. The number of rotatable bonds is 9. The van der Waals surface area contributed by atoms with E-state index in [0.29, 0.717) is 18.5 Å². The molecule has 7 nitrogen and oxygen atoms in total. The van der Waals surface area contributed by atoms with Gasteiger partial charge in [0.15, 0.2) is 0 Å². The van der Waals surface area contributed by atoms with Crippen LogP contribution in [0.5, 0.6) is 11.5 Å². The van der Waals surface area contributed by atoms with Gasteiger partial charge in [0.1, 0.15) is 21.9 Å². The summed E-state index contributed by atoms with van der Waals surface area (Å²) in [4.78, 5) is 28.1. The molecule has 2 aromatic heterocycles. The number of hydrogen-bond acceptors (Lipinski definition) is 7. The van der Waals surface area contributed by atoms with Crippen LogP contribution in [0.3, 0.4) is 0 Å². The van der Waals surface area contributed by atoms with Gasteiger partial charge in [-0.25, -0.2) is 4.79 Å². The average Bonchev–Trinajstić information content (AvgIpc) is 3.26. The summed E-state index contributed by atoms with van der Waals surface area (Å²) in [6, 6.07) is 15.5. The van der Waals surface area contributed by atoms with Gasteiger partial charge in [0.2, 0.25) is 5.43 Å². The summed E-state index contributed by atoms with van der Waals surface area (Å²) in [5.41, 5.74) is 2.45. The van der Waals surface area contributed by atoms with E-state index in [-0.39, 0.29) is 17.6 Å². The number of benzene rings is 2. The maximum Gasteiger partial charge on any atom is 0.343 e. The third kappa shape index (κ3) is 4.80.